The van der Waals surface area contributed by atoms with E-state index in [9.17, 15) is 0 Å². The van der Waals surface area contributed by atoms with E-state index in [1.165, 1.54) is 0 Å². The smallest absolute Gasteiger partial charge is 0.205 e. The summed E-state index contributed by atoms with van der Waals surface area (Å²) in [6, 6.07) is 10.2. The highest BCUT2D eigenvalue weighted by molar-refractivity contribution is 7.55. The monoisotopic (exact) mass is 256 g/mol. The first kappa shape index (κ1) is 16.6. The van der Waals surface area contributed by atoms with Gasteiger partial charge < -0.3 is 9.05 Å². The van der Waals surface area contributed by atoms with Crippen LogP contribution in [0, 0.1) is 0 Å². The van der Waals surface area contributed by atoms with Gasteiger partial charge in [0.05, 0.1) is 13.2 Å². The van der Waals surface area contributed by atoms with Crippen LogP contribution in [-0.4, -0.2) is 13.2 Å². The van der Waals surface area contributed by atoms with E-state index < -0.39 is 8.38 Å². The first-order chi connectivity index (χ1) is 8.38. The fourth-order valence-electron chi connectivity index (χ4n) is 1.15. The van der Waals surface area contributed by atoms with Crippen LogP contribution < -0.4 is 5.30 Å². The number of benzene rings is 1. The Hall–Kier alpha value is -0.430. The first-order valence-electron chi connectivity index (χ1n) is 6.49. The Morgan fingerprint density at radius 3 is 2.18 bits per heavy atom. The molecule has 1 atom stereocenters. The van der Waals surface area contributed by atoms with Crippen molar-refractivity contribution >= 4 is 13.7 Å². The van der Waals surface area contributed by atoms with E-state index in [1.54, 1.807) is 0 Å². The van der Waals surface area contributed by atoms with E-state index in [4.69, 9.17) is 9.05 Å². The van der Waals surface area contributed by atoms with Crippen molar-refractivity contribution in [1.82, 2.24) is 0 Å². The molecule has 1 rings (SSSR count). The lowest BCUT2D eigenvalue weighted by Gasteiger charge is -2.16. The summed E-state index contributed by atoms with van der Waals surface area (Å²) in [6.45, 7) is 9.65. The van der Waals surface area contributed by atoms with Crippen molar-refractivity contribution in [3.8, 4) is 0 Å². The van der Waals surface area contributed by atoms with Crippen LogP contribution in [0.15, 0.2) is 30.3 Å². The molecule has 1 aromatic carbocycles. The normalized spacial score (nSPS) is 11.5. The minimum Gasteiger partial charge on any atom is -0.331 e. The minimum atomic E-state index is -0.867. The zero-order valence-electron chi connectivity index (χ0n) is 11.5. The zero-order valence-corrected chi connectivity index (χ0v) is 12.4. The summed E-state index contributed by atoms with van der Waals surface area (Å²) >= 11 is 0. The van der Waals surface area contributed by atoms with Gasteiger partial charge in [-0.1, -0.05) is 45.4 Å². The minimum absolute atomic E-state index is 0.701. The highest BCUT2D eigenvalue weighted by atomic mass is 31.2. The topological polar surface area (TPSA) is 18.5 Å². The molecule has 1 aromatic rings. The summed E-state index contributed by atoms with van der Waals surface area (Å²) < 4.78 is 11.4. The van der Waals surface area contributed by atoms with Crippen molar-refractivity contribution in [2.45, 2.75) is 40.5 Å². The van der Waals surface area contributed by atoms with Gasteiger partial charge in [-0.3, -0.25) is 0 Å². The van der Waals surface area contributed by atoms with E-state index in [2.05, 4.69) is 19.1 Å². The molecule has 0 saturated carbocycles. The largest absolute Gasteiger partial charge is 0.331 e. The summed E-state index contributed by atoms with van der Waals surface area (Å²) in [7, 11) is -0.867. The van der Waals surface area contributed by atoms with Crippen LogP contribution in [0.3, 0.4) is 0 Å². The SMILES string of the molecule is CC.CCCCOP(OCC)c1ccccc1. The van der Waals surface area contributed by atoms with Crippen molar-refractivity contribution in [1.29, 1.82) is 0 Å². The van der Waals surface area contributed by atoms with Crippen molar-refractivity contribution in [2.75, 3.05) is 13.2 Å². The van der Waals surface area contributed by atoms with Crippen molar-refractivity contribution in [3.05, 3.63) is 30.3 Å². The summed E-state index contributed by atoms with van der Waals surface area (Å²) in [5.74, 6) is 0. The predicted molar refractivity (Wildman–Crippen MR) is 76.8 cm³/mol. The number of unbranched alkanes of at least 4 members (excludes halogenated alkanes) is 1. The second-order valence-electron chi connectivity index (χ2n) is 3.20. The molecule has 0 N–H and O–H groups in total. The molecule has 0 saturated heterocycles. The van der Waals surface area contributed by atoms with Crippen LogP contribution in [0.1, 0.15) is 40.5 Å². The highest BCUT2D eigenvalue weighted by Crippen LogP contribution is 2.36. The Morgan fingerprint density at radius 2 is 1.65 bits per heavy atom. The Balaban J connectivity index is 0.00000121. The second-order valence-corrected chi connectivity index (χ2v) is 4.74. The average Bonchev–Trinajstić information content (AvgIpc) is 2.41. The molecule has 3 heteroatoms. The molecule has 0 spiro atoms. The molecule has 17 heavy (non-hydrogen) atoms. The Labute approximate surface area is 107 Å². The molecule has 0 bridgehead atoms. The van der Waals surface area contributed by atoms with Gasteiger partial charge in [-0.25, -0.2) is 0 Å². The third-order valence-corrected chi connectivity index (χ3v) is 3.55. The van der Waals surface area contributed by atoms with E-state index in [-0.39, 0.29) is 0 Å². The number of rotatable bonds is 7. The van der Waals surface area contributed by atoms with Gasteiger partial charge in [-0.15, -0.1) is 0 Å². The van der Waals surface area contributed by atoms with Crippen LogP contribution in [0.4, 0.5) is 0 Å². The Kier molecular flexibility index (Phi) is 11.7. The maximum absolute atomic E-state index is 5.75. The number of hydrogen-bond donors (Lipinski definition) is 0. The van der Waals surface area contributed by atoms with Crippen LogP contribution in [-0.2, 0) is 9.05 Å². The molecule has 0 aliphatic carbocycles. The van der Waals surface area contributed by atoms with Gasteiger partial charge in [0.15, 0.2) is 0 Å². The molecule has 0 amide bonds. The first-order valence-corrected chi connectivity index (χ1v) is 7.67. The molecule has 1 unspecified atom stereocenters. The molecule has 0 aromatic heterocycles. The lowest BCUT2D eigenvalue weighted by atomic mass is 10.4. The number of hydrogen-bond acceptors (Lipinski definition) is 2. The molecule has 0 aliphatic rings. The van der Waals surface area contributed by atoms with E-state index in [1.807, 2.05) is 39.0 Å². The van der Waals surface area contributed by atoms with Crippen molar-refractivity contribution in [2.24, 2.45) is 0 Å². The fraction of sp³-hybridized carbons (Fsp3) is 0.571. The fourth-order valence-corrected chi connectivity index (χ4v) is 2.46. The van der Waals surface area contributed by atoms with E-state index in [0.717, 1.165) is 24.8 Å². The molecule has 0 fully saturated rings. The predicted octanol–water partition coefficient (Wildman–Crippen LogP) is 4.50. The van der Waals surface area contributed by atoms with Gasteiger partial charge in [0.25, 0.3) is 0 Å². The summed E-state index contributed by atoms with van der Waals surface area (Å²) in [4.78, 5) is 0. The molecule has 0 radical (unpaired) electrons. The molecular weight excluding hydrogens is 231 g/mol. The molecular formula is C14H25O2P. The van der Waals surface area contributed by atoms with Crippen LogP contribution >= 0.6 is 8.38 Å². The summed E-state index contributed by atoms with van der Waals surface area (Å²) in [5.41, 5.74) is 0. The Morgan fingerprint density at radius 1 is 1.00 bits per heavy atom. The van der Waals surface area contributed by atoms with Gasteiger partial charge in [0.1, 0.15) is 0 Å². The quantitative estimate of drug-likeness (QED) is 0.528. The zero-order chi connectivity index (χ0) is 12.9. The lowest BCUT2D eigenvalue weighted by molar-refractivity contribution is 0.262. The summed E-state index contributed by atoms with van der Waals surface area (Å²) in [5, 5.41) is 1.16. The van der Waals surface area contributed by atoms with Gasteiger partial charge in [0, 0.05) is 5.30 Å². The lowest BCUT2D eigenvalue weighted by Crippen LogP contribution is -2.06. The van der Waals surface area contributed by atoms with Gasteiger partial charge in [-0.05, 0) is 25.5 Å². The van der Waals surface area contributed by atoms with Crippen LogP contribution in [0.5, 0.6) is 0 Å². The van der Waals surface area contributed by atoms with Crippen molar-refractivity contribution < 1.29 is 9.05 Å². The van der Waals surface area contributed by atoms with Gasteiger partial charge >= 0.3 is 0 Å². The van der Waals surface area contributed by atoms with Crippen molar-refractivity contribution in [3.63, 3.8) is 0 Å². The average molecular weight is 256 g/mol. The molecule has 0 heterocycles. The maximum Gasteiger partial charge on any atom is 0.205 e. The van der Waals surface area contributed by atoms with Crippen LogP contribution in [0.25, 0.3) is 0 Å². The molecule has 2 nitrogen and oxygen atoms in total. The summed E-state index contributed by atoms with van der Waals surface area (Å²) in [6.07, 6.45) is 2.25. The highest BCUT2D eigenvalue weighted by Gasteiger charge is 2.11. The van der Waals surface area contributed by atoms with Crippen LogP contribution in [0.2, 0.25) is 0 Å². The third-order valence-electron chi connectivity index (χ3n) is 1.92. The van der Waals surface area contributed by atoms with E-state index in [0.29, 0.717) is 6.61 Å². The van der Waals surface area contributed by atoms with Gasteiger partial charge in [0.2, 0.25) is 8.38 Å². The van der Waals surface area contributed by atoms with E-state index >= 15 is 0 Å². The molecule has 98 valence electrons. The third kappa shape index (κ3) is 7.49. The molecule has 0 aliphatic heterocycles. The van der Waals surface area contributed by atoms with Gasteiger partial charge in [-0.2, -0.15) is 0 Å². The maximum atomic E-state index is 5.75. The standard InChI is InChI=1S/C12H19O2P.C2H6/c1-3-5-11-14-15(13-4-2)12-9-7-6-8-10-12;1-2/h6-10H,3-5,11H2,1-2H3;1-2H3. The second kappa shape index (κ2) is 12.0. The Bertz CT molecular complexity index is 252.